The topological polar surface area (TPSA) is 133 Å². The van der Waals surface area contributed by atoms with Crippen LogP contribution in [0.1, 0.15) is 22.4 Å². The Morgan fingerprint density at radius 2 is 1.78 bits per heavy atom. The summed E-state index contributed by atoms with van der Waals surface area (Å²) in [5, 5.41) is 6.87. The maximum absolute atomic E-state index is 11.9. The molecule has 2 rings (SSSR count). The zero-order valence-electron chi connectivity index (χ0n) is 14.9. The first-order chi connectivity index (χ1) is 12.7. The smallest absolute Gasteiger partial charge is 0.249 e. The van der Waals surface area contributed by atoms with Crippen molar-refractivity contribution in [3.8, 4) is 0 Å². The standard InChI is InChI=1S/C18H20ClN5O3/c1-10-3-5-12(6-4-10)9-24-16(19)13(11(2)23-24)7-8-14(25)22-15(17(20)26)18(21)27/h3-8,15H,9H2,1-2H3,(H2,20,26)(H2,21,27)(H,22,25)/b8-7+. The molecule has 142 valence electrons. The quantitative estimate of drug-likeness (QED) is 0.474. The van der Waals surface area contributed by atoms with Crippen LogP contribution in [0.25, 0.3) is 6.08 Å². The number of carbonyl (C=O) groups excluding carboxylic acids is 3. The van der Waals surface area contributed by atoms with E-state index in [0.717, 1.165) is 17.2 Å². The Kier molecular flexibility index (Phi) is 6.36. The molecule has 0 saturated heterocycles. The summed E-state index contributed by atoms with van der Waals surface area (Å²) in [5.74, 6) is -2.78. The minimum absolute atomic E-state index is 0.360. The number of nitrogens with zero attached hydrogens (tertiary/aromatic N) is 2. The molecule has 3 amide bonds. The zero-order chi connectivity index (χ0) is 20.1. The van der Waals surface area contributed by atoms with Gasteiger partial charge in [0.2, 0.25) is 17.7 Å². The van der Waals surface area contributed by atoms with Crippen LogP contribution in [0.5, 0.6) is 0 Å². The van der Waals surface area contributed by atoms with Crippen LogP contribution in [-0.2, 0) is 20.9 Å². The fourth-order valence-corrected chi connectivity index (χ4v) is 2.66. The van der Waals surface area contributed by atoms with Gasteiger partial charge in [0.1, 0.15) is 5.15 Å². The van der Waals surface area contributed by atoms with Crippen LogP contribution in [0, 0.1) is 13.8 Å². The van der Waals surface area contributed by atoms with E-state index in [9.17, 15) is 14.4 Å². The number of nitrogens with two attached hydrogens (primary N) is 2. The van der Waals surface area contributed by atoms with E-state index in [2.05, 4.69) is 10.4 Å². The zero-order valence-corrected chi connectivity index (χ0v) is 15.7. The van der Waals surface area contributed by atoms with Crippen molar-refractivity contribution < 1.29 is 14.4 Å². The Bertz CT molecular complexity index is 888. The van der Waals surface area contributed by atoms with Gasteiger partial charge < -0.3 is 16.8 Å². The molecular weight excluding hydrogens is 370 g/mol. The molecule has 27 heavy (non-hydrogen) atoms. The summed E-state index contributed by atoms with van der Waals surface area (Å²) in [7, 11) is 0. The van der Waals surface area contributed by atoms with E-state index in [1.54, 1.807) is 11.6 Å². The summed E-state index contributed by atoms with van der Waals surface area (Å²) < 4.78 is 1.62. The third-order valence-corrected chi connectivity index (χ3v) is 4.22. The number of aromatic nitrogens is 2. The molecule has 1 aromatic carbocycles. The van der Waals surface area contributed by atoms with E-state index < -0.39 is 23.8 Å². The number of primary amides is 2. The number of carbonyl (C=O) groups is 3. The largest absolute Gasteiger partial charge is 0.367 e. The molecule has 0 aliphatic rings. The minimum atomic E-state index is -1.58. The molecular formula is C18H20ClN5O3. The third-order valence-electron chi connectivity index (χ3n) is 3.82. The van der Waals surface area contributed by atoms with Crippen molar-refractivity contribution in [3.05, 3.63) is 57.9 Å². The van der Waals surface area contributed by atoms with Crippen molar-refractivity contribution in [1.82, 2.24) is 15.1 Å². The number of rotatable bonds is 7. The molecule has 0 saturated carbocycles. The Morgan fingerprint density at radius 3 is 2.33 bits per heavy atom. The summed E-state index contributed by atoms with van der Waals surface area (Å²) in [5.41, 5.74) is 13.4. The number of amides is 3. The normalized spacial score (nSPS) is 11.1. The van der Waals surface area contributed by atoms with Crippen molar-refractivity contribution in [2.45, 2.75) is 26.4 Å². The molecule has 8 nitrogen and oxygen atoms in total. The number of benzene rings is 1. The van der Waals surface area contributed by atoms with Gasteiger partial charge in [0, 0.05) is 11.6 Å². The van der Waals surface area contributed by atoms with Crippen LogP contribution < -0.4 is 16.8 Å². The highest BCUT2D eigenvalue weighted by Crippen LogP contribution is 2.22. The van der Waals surface area contributed by atoms with Crippen LogP contribution in [0.4, 0.5) is 0 Å². The predicted molar refractivity (Wildman–Crippen MR) is 102 cm³/mol. The van der Waals surface area contributed by atoms with Gasteiger partial charge in [0.15, 0.2) is 6.04 Å². The maximum Gasteiger partial charge on any atom is 0.249 e. The van der Waals surface area contributed by atoms with Gasteiger partial charge in [-0.1, -0.05) is 41.4 Å². The summed E-state index contributed by atoms with van der Waals surface area (Å²) in [6.45, 7) is 4.24. The van der Waals surface area contributed by atoms with E-state index in [1.165, 1.54) is 6.08 Å². The van der Waals surface area contributed by atoms with Crippen LogP contribution in [0.2, 0.25) is 5.15 Å². The van der Waals surface area contributed by atoms with Gasteiger partial charge in [-0.05, 0) is 25.5 Å². The molecule has 0 aliphatic heterocycles. The van der Waals surface area contributed by atoms with Crippen molar-refractivity contribution in [3.63, 3.8) is 0 Å². The van der Waals surface area contributed by atoms with Gasteiger partial charge in [-0.15, -0.1) is 0 Å². The average molecular weight is 390 g/mol. The second-order valence-electron chi connectivity index (χ2n) is 6.01. The highest BCUT2D eigenvalue weighted by atomic mass is 35.5. The summed E-state index contributed by atoms with van der Waals surface area (Å²) in [4.78, 5) is 34.1. The number of halogens is 1. The van der Waals surface area contributed by atoms with Gasteiger partial charge in [-0.3, -0.25) is 14.4 Å². The van der Waals surface area contributed by atoms with Gasteiger partial charge in [-0.25, -0.2) is 4.68 Å². The summed E-state index contributed by atoms with van der Waals surface area (Å²) in [6, 6.07) is 6.39. The first-order valence-corrected chi connectivity index (χ1v) is 8.42. The molecule has 0 aliphatic carbocycles. The monoisotopic (exact) mass is 389 g/mol. The molecule has 0 bridgehead atoms. The summed E-state index contributed by atoms with van der Waals surface area (Å²) >= 11 is 6.37. The molecule has 9 heteroatoms. The van der Waals surface area contributed by atoms with Gasteiger partial charge in [-0.2, -0.15) is 5.10 Å². The summed E-state index contributed by atoms with van der Waals surface area (Å²) in [6.07, 6.45) is 2.58. The Balaban J connectivity index is 2.14. The van der Waals surface area contributed by atoms with E-state index in [1.807, 2.05) is 31.2 Å². The molecule has 0 atom stereocenters. The van der Waals surface area contributed by atoms with Crippen molar-refractivity contribution in [2.24, 2.45) is 11.5 Å². The van der Waals surface area contributed by atoms with E-state index in [0.29, 0.717) is 23.0 Å². The molecule has 0 fully saturated rings. The fraction of sp³-hybridized carbons (Fsp3) is 0.222. The lowest BCUT2D eigenvalue weighted by atomic mass is 10.1. The lowest BCUT2D eigenvalue weighted by Gasteiger charge is -2.09. The highest BCUT2D eigenvalue weighted by Gasteiger charge is 2.22. The predicted octanol–water partition coefficient (Wildman–Crippen LogP) is 0.670. The molecule has 0 unspecified atom stereocenters. The molecule has 5 N–H and O–H groups in total. The second kappa shape index (κ2) is 8.50. The number of nitrogens with one attached hydrogen (secondary N) is 1. The Morgan fingerprint density at radius 1 is 1.19 bits per heavy atom. The van der Waals surface area contributed by atoms with E-state index in [-0.39, 0.29) is 0 Å². The second-order valence-corrected chi connectivity index (χ2v) is 6.37. The van der Waals surface area contributed by atoms with Gasteiger partial charge >= 0.3 is 0 Å². The Labute approximate surface area is 161 Å². The van der Waals surface area contributed by atoms with Gasteiger partial charge in [0.25, 0.3) is 0 Å². The van der Waals surface area contributed by atoms with Crippen molar-refractivity contribution in [2.75, 3.05) is 0 Å². The lowest BCUT2D eigenvalue weighted by Crippen LogP contribution is -2.52. The lowest BCUT2D eigenvalue weighted by molar-refractivity contribution is -0.132. The third kappa shape index (κ3) is 5.18. The Hall–Kier alpha value is -3.13. The molecule has 0 spiro atoms. The highest BCUT2D eigenvalue weighted by molar-refractivity contribution is 6.31. The van der Waals surface area contributed by atoms with Crippen LogP contribution >= 0.6 is 11.6 Å². The SMILES string of the molecule is Cc1ccc(Cn2nc(C)c(/C=C/C(=O)NC(C(N)=O)C(N)=O)c2Cl)cc1. The van der Waals surface area contributed by atoms with Gasteiger partial charge in [0.05, 0.1) is 12.2 Å². The number of hydrogen-bond donors (Lipinski definition) is 3. The molecule has 0 radical (unpaired) electrons. The van der Waals surface area contributed by atoms with Crippen LogP contribution in [-0.4, -0.2) is 33.5 Å². The first-order valence-electron chi connectivity index (χ1n) is 8.04. The first kappa shape index (κ1) is 20.2. The minimum Gasteiger partial charge on any atom is -0.367 e. The fourth-order valence-electron chi connectivity index (χ4n) is 2.36. The number of hydrogen-bond acceptors (Lipinski definition) is 4. The van der Waals surface area contributed by atoms with Crippen molar-refractivity contribution in [1.29, 1.82) is 0 Å². The van der Waals surface area contributed by atoms with Crippen molar-refractivity contribution >= 4 is 35.4 Å². The van der Waals surface area contributed by atoms with Crippen LogP contribution in [0.3, 0.4) is 0 Å². The van der Waals surface area contributed by atoms with Crippen LogP contribution in [0.15, 0.2) is 30.3 Å². The molecule has 1 aromatic heterocycles. The number of aryl methyl sites for hydroxylation is 2. The average Bonchev–Trinajstić information content (AvgIpc) is 2.86. The molecule has 1 heterocycles. The maximum atomic E-state index is 11.9. The van der Waals surface area contributed by atoms with E-state index in [4.69, 9.17) is 23.1 Å². The molecule has 2 aromatic rings. The van der Waals surface area contributed by atoms with E-state index >= 15 is 0 Å².